The molecule has 0 bridgehead atoms. The van der Waals surface area contributed by atoms with Gasteiger partial charge in [-0.1, -0.05) is 44.4 Å². The first-order valence-corrected chi connectivity index (χ1v) is 9.38. The summed E-state index contributed by atoms with van der Waals surface area (Å²) in [5.41, 5.74) is 0.986. The maximum Gasteiger partial charge on any atom is 0.342 e. The quantitative estimate of drug-likeness (QED) is 0.462. The van der Waals surface area contributed by atoms with Gasteiger partial charge in [0.2, 0.25) is 0 Å². The van der Waals surface area contributed by atoms with Crippen LogP contribution in [0, 0.1) is 0 Å². The number of aromatic hydroxyl groups is 2. The van der Waals surface area contributed by atoms with Gasteiger partial charge in [-0.25, -0.2) is 4.79 Å². The van der Waals surface area contributed by atoms with Crippen molar-refractivity contribution in [3.8, 4) is 28.4 Å². The van der Waals surface area contributed by atoms with Gasteiger partial charge in [0.15, 0.2) is 0 Å². The second-order valence-corrected chi connectivity index (χ2v) is 6.65. The summed E-state index contributed by atoms with van der Waals surface area (Å²) in [4.78, 5) is 12.2. The van der Waals surface area contributed by atoms with Crippen LogP contribution in [0.5, 0.6) is 17.2 Å². The van der Waals surface area contributed by atoms with Gasteiger partial charge in [-0.3, -0.25) is 0 Å². The normalized spacial score (nSPS) is 11.8. The molecule has 27 heavy (non-hydrogen) atoms. The molecule has 0 aliphatic carbocycles. The van der Waals surface area contributed by atoms with Crippen LogP contribution in [0.25, 0.3) is 11.1 Å². The number of hydrogen-bond acceptors (Lipinski definition) is 5. The van der Waals surface area contributed by atoms with E-state index in [-0.39, 0.29) is 23.2 Å². The molecule has 1 atom stereocenters. The highest BCUT2D eigenvalue weighted by atomic mass is 16.5. The molecule has 0 saturated carbocycles. The average molecular weight is 372 g/mol. The van der Waals surface area contributed by atoms with Crippen LogP contribution in [0.2, 0.25) is 0 Å². The number of rotatable bonds is 9. The minimum absolute atomic E-state index is 0.00180. The van der Waals surface area contributed by atoms with E-state index in [0.717, 1.165) is 18.9 Å². The van der Waals surface area contributed by atoms with E-state index in [2.05, 4.69) is 6.92 Å². The van der Waals surface area contributed by atoms with Gasteiger partial charge in [0.05, 0.1) is 13.2 Å². The van der Waals surface area contributed by atoms with Crippen LogP contribution in [-0.2, 0) is 4.74 Å². The van der Waals surface area contributed by atoms with Crippen molar-refractivity contribution in [2.24, 2.45) is 0 Å². The Bertz CT molecular complexity index is 769. The monoisotopic (exact) mass is 372 g/mol. The van der Waals surface area contributed by atoms with Crippen LogP contribution >= 0.6 is 0 Å². The van der Waals surface area contributed by atoms with E-state index in [0.29, 0.717) is 16.9 Å². The topological polar surface area (TPSA) is 76.0 Å². The van der Waals surface area contributed by atoms with E-state index in [1.54, 1.807) is 6.07 Å². The van der Waals surface area contributed by atoms with Crippen molar-refractivity contribution in [3.63, 3.8) is 0 Å². The highest BCUT2D eigenvalue weighted by Crippen LogP contribution is 2.39. The molecule has 0 aromatic heterocycles. The Hall–Kier alpha value is -2.69. The van der Waals surface area contributed by atoms with Crippen molar-refractivity contribution < 1.29 is 24.5 Å². The second kappa shape index (κ2) is 9.86. The van der Waals surface area contributed by atoms with E-state index in [1.165, 1.54) is 32.4 Å². The van der Waals surface area contributed by atoms with E-state index in [1.807, 2.05) is 25.1 Å². The fourth-order valence-electron chi connectivity index (χ4n) is 3.07. The van der Waals surface area contributed by atoms with Crippen molar-refractivity contribution in [1.29, 1.82) is 0 Å². The molecule has 2 aromatic carbocycles. The number of carbonyl (C=O) groups is 1. The molecule has 0 amide bonds. The van der Waals surface area contributed by atoms with Gasteiger partial charge in [0.25, 0.3) is 0 Å². The van der Waals surface area contributed by atoms with Gasteiger partial charge >= 0.3 is 5.97 Å². The summed E-state index contributed by atoms with van der Waals surface area (Å²) in [7, 11) is 1.25. The Labute approximate surface area is 160 Å². The molecule has 5 heteroatoms. The molecule has 0 fully saturated rings. The number of benzene rings is 2. The Kier molecular flexibility index (Phi) is 7.53. The van der Waals surface area contributed by atoms with E-state index in [4.69, 9.17) is 9.47 Å². The molecular weight excluding hydrogens is 344 g/mol. The van der Waals surface area contributed by atoms with Gasteiger partial charge in [-0.15, -0.1) is 0 Å². The molecule has 2 rings (SSSR count). The molecule has 5 nitrogen and oxygen atoms in total. The summed E-state index contributed by atoms with van der Waals surface area (Å²) < 4.78 is 10.9. The minimum atomic E-state index is -0.676. The van der Waals surface area contributed by atoms with Crippen molar-refractivity contribution in [2.45, 2.75) is 52.1 Å². The fraction of sp³-hybridized carbons (Fsp3) is 0.409. The summed E-state index contributed by atoms with van der Waals surface area (Å²) in [5, 5.41) is 20.1. The third kappa shape index (κ3) is 5.39. The lowest BCUT2D eigenvalue weighted by atomic mass is 9.97. The molecule has 0 aliphatic rings. The average Bonchev–Trinajstić information content (AvgIpc) is 2.64. The van der Waals surface area contributed by atoms with Gasteiger partial charge in [-0.05, 0) is 31.9 Å². The third-order valence-electron chi connectivity index (χ3n) is 4.46. The zero-order chi connectivity index (χ0) is 19.8. The molecule has 2 aromatic rings. The molecule has 2 N–H and O–H groups in total. The maximum absolute atomic E-state index is 12.2. The Morgan fingerprint density at radius 1 is 1.07 bits per heavy atom. The molecule has 1 unspecified atom stereocenters. The van der Waals surface area contributed by atoms with Gasteiger partial charge < -0.3 is 19.7 Å². The fourth-order valence-corrected chi connectivity index (χ4v) is 3.07. The smallest absolute Gasteiger partial charge is 0.342 e. The number of ether oxygens (including phenoxy) is 2. The lowest BCUT2D eigenvalue weighted by Crippen LogP contribution is -2.12. The highest BCUT2D eigenvalue weighted by Gasteiger charge is 2.22. The molecule has 0 heterocycles. The predicted octanol–water partition coefficient (Wildman–Crippen LogP) is 5.29. The van der Waals surface area contributed by atoms with Crippen LogP contribution in [-0.4, -0.2) is 29.4 Å². The Morgan fingerprint density at radius 2 is 1.81 bits per heavy atom. The number of carbonyl (C=O) groups excluding carboxylic acids is 1. The van der Waals surface area contributed by atoms with Crippen LogP contribution in [0.4, 0.5) is 0 Å². The Balaban J connectivity index is 2.34. The third-order valence-corrected chi connectivity index (χ3v) is 4.46. The molecule has 0 radical (unpaired) electrons. The largest absolute Gasteiger partial charge is 0.508 e. The number of para-hydroxylation sites is 1. The summed E-state index contributed by atoms with van der Waals surface area (Å²) in [6, 6.07) is 9.83. The number of hydrogen-bond donors (Lipinski definition) is 2. The standard InChI is InChI=1S/C22H28O5/c1-4-5-6-7-10-15(2)27-20-12-9-8-11-17(20)18-13-16(23)14-19(24)21(18)22(25)26-3/h8-9,11-15,23-24H,4-7,10H2,1-3H3. The Morgan fingerprint density at radius 3 is 2.52 bits per heavy atom. The minimum Gasteiger partial charge on any atom is -0.508 e. The number of unbranched alkanes of at least 4 members (excludes halogenated alkanes) is 3. The molecule has 0 aliphatic heterocycles. The lowest BCUT2D eigenvalue weighted by Gasteiger charge is -2.19. The number of phenolic OH excluding ortho intramolecular Hbond substituents is 2. The SMILES string of the molecule is CCCCCCC(C)Oc1ccccc1-c1cc(O)cc(O)c1C(=O)OC. The number of esters is 1. The van der Waals surface area contributed by atoms with E-state index in [9.17, 15) is 15.0 Å². The van der Waals surface area contributed by atoms with Gasteiger partial charge in [-0.2, -0.15) is 0 Å². The van der Waals surface area contributed by atoms with Crippen LogP contribution in [0.15, 0.2) is 36.4 Å². The van der Waals surface area contributed by atoms with Crippen LogP contribution < -0.4 is 4.74 Å². The van der Waals surface area contributed by atoms with E-state index >= 15 is 0 Å². The van der Waals surface area contributed by atoms with Crippen molar-refractivity contribution >= 4 is 5.97 Å². The summed E-state index contributed by atoms with van der Waals surface area (Å²) in [6.45, 7) is 4.20. The van der Waals surface area contributed by atoms with Crippen LogP contribution in [0.3, 0.4) is 0 Å². The van der Waals surface area contributed by atoms with Crippen LogP contribution in [0.1, 0.15) is 56.3 Å². The number of phenols is 2. The highest BCUT2D eigenvalue weighted by molar-refractivity contribution is 6.01. The zero-order valence-corrected chi connectivity index (χ0v) is 16.2. The first-order valence-electron chi connectivity index (χ1n) is 9.38. The molecule has 0 spiro atoms. The van der Waals surface area contributed by atoms with Gasteiger partial charge in [0, 0.05) is 17.2 Å². The molecular formula is C22H28O5. The second-order valence-electron chi connectivity index (χ2n) is 6.65. The first kappa shape index (κ1) is 20.6. The van der Waals surface area contributed by atoms with Crippen molar-refractivity contribution in [3.05, 3.63) is 42.0 Å². The zero-order valence-electron chi connectivity index (χ0n) is 16.2. The summed E-state index contributed by atoms with van der Waals surface area (Å²) in [6.07, 6.45) is 5.62. The van der Waals surface area contributed by atoms with Crippen molar-refractivity contribution in [2.75, 3.05) is 7.11 Å². The summed E-state index contributed by atoms with van der Waals surface area (Å²) in [5.74, 6) is -0.558. The lowest BCUT2D eigenvalue weighted by molar-refractivity contribution is 0.0598. The maximum atomic E-state index is 12.2. The molecule has 0 saturated heterocycles. The molecule has 146 valence electrons. The van der Waals surface area contributed by atoms with Gasteiger partial charge in [0.1, 0.15) is 22.8 Å². The number of methoxy groups -OCH3 is 1. The van der Waals surface area contributed by atoms with E-state index < -0.39 is 5.97 Å². The predicted molar refractivity (Wildman–Crippen MR) is 105 cm³/mol. The summed E-state index contributed by atoms with van der Waals surface area (Å²) >= 11 is 0. The first-order chi connectivity index (χ1) is 13.0. The van der Waals surface area contributed by atoms with Crippen molar-refractivity contribution in [1.82, 2.24) is 0 Å².